The second-order valence-corrected chi connectivity index (χ2v) is 6.19. The second kappa shape index (κ2) is 5.04. The lowest BCUT2D eigenvalue weighted by molar-refractivity contribution is -0.147. The number of morpholine rings is 1. The number of methoxy groups -OCH3 is 1. The molecule has 0 spiro atoms. The van der Waals surface area contributed by atoms with E-state index in [1.54, 1.807) is 0 Å². The van der Waals surface area contributed by atoms with E-state index in [0.29, 0.717) is 18.2 Å². The monoisotopic (exact) mass is 268 g/mol. The predicted octanol–water partition coefficient (Wildman–Crippen LogP) is 0.663. The summed E-state index contributed by atoms with van der Waals surface area (Å²) in [5, 5.41) is 0. The lowest BCUT2D eigenvalue weighted by atomic mass is 9.98. The third-order valence-electron chi connectivity index (χ3n) is 5.11. The minimum atomic E-state index is -0.772. The molecule has 5 heteroatoms. The van der Waals surface area contributed by atoms with Crippen LogP contribution < -0.4 is 5.73 Å². The molecule has 2 N–H and O–H groups in total. The van der Waals surface area contributed by atoms with E-state index < -0.39 is 5.54 Å². The molecule has 4 atom stereocenters. The Labute approximate surface area is 114 Å². The summed E-state index contributed by atoms with van der Waals surface area (Å²) >= 11 is 0. The van der Waals surface area contributed by atoms with E-state index in [2.05, 4.69) is 4.90 Å². The first kappa shape index (κ1) is 13.3. The van der Waals surface area contributed by atoms with Gasteiger partial charge in [-0.25, -0.2) is 0 Å². The number of nitrogens with two attached hydrogens (primary N) is 1. The summed E-state index contributed by atoms with van der Waals surface area (Å²) in [5.41, 5.74) is 5.44. The van der Waals surface area contributed by atoms with E-state index in [9.17, 15) is 4.79 Å². The molecule has 0 radical (unpaired) electrons. The quantitative estimate of drug-likeness (QED) is 0.745. The molecule has 108 valence electrons. The Hall–Kier alpha value is -0.650. The molecular formula is C14H24N2O3. The van der Waals surface area contributed by atoms with Crippen LogP contribution in [0.4, 0.5) is 0 Å². The first-order valence-corrected chi connectivity index (χ1v) is 7.39. The fraction of sp³-hybridized carbons (Fsp3) is 0.929. The van der Waals surface area contributed by atoms with Gasteiger partial charge in [-0.05, 0) is 38.5 Å². The van der Waals surface area contributed by atoms with Gasteiger partial charge in [-0.2, -0.15) is 0 Å². The first-order chi connectivity index (χ1) is 9.14. The molecule has 2 aliphatic carbocycles. The Kier molecular flexibility index (Phi) is 3.53. The molecule has 1 heterocycles. The van der Waals surface area contributed by atoms with Crippen molar-refractivity contribution in [3.63, 3.8) is 0 Å². The topological polar surface area (TPSA) is 64.8 Å². The minimum absolute atomic E-state index is 0.258. The molecule has 3 fully saturated rings. The first-order valence-electron chi connectivity index (χ1n) is 7.39. The number of esters is 1. The summed E-state index contributed by atoms with van der Waals surface area (Å²) in [6.45, 7) is 1.79. The average Bonchev–Trinajstić information content (AvgIpc) is 3.04. The molecule has 0 aromatic heterocycles. The molecule has 1 aliphatic heterocycles. The van der Waals surface area contributed by atoms with E-state index in [4.69, 9.17) is 15.2 Å². The van der Waals surface area contributed by atoms with Crippen molar-refractivity contribution < 1.29 is 14.3 Å². The highest BCUT2D eigenvalue weighted by molar-refractivity contribution is 5.81. The van der Waals surface area contributed by atoms with Gasteiger partial charge in [0.2, 0.25) is 0 Å². The van der Waals surface area contributed by atoms with Crippen LogP contribution in [0.1, 0.15) is 38.5 Å². The van der Waals surface area contributed by atoms with Gasteiger partial charge in [-0.15, -0.1) is 0 Å². The van der Waals surface area contributed by atoms with Crippen molar-refractivity contribution in [2.24, 2.45) is 5.73 Å². The molecule has 3 aliphatic rings. The van der Waals surface area contributed by atoms with E-state index >= 15 is 0 Å². The fourth-order valence-corrected chi connectivity index (χ4v) is 4.13. The van der Waals surface area contributed by atoms with Crippen LogP contribution in [0.15, 0.2) is 0 Å². The molecule has 2 saturated carbocycles. The molecule has 0 aromatic rings. The number of hydrogen-bond acceptors (Lipinski definition) is 5. The van der Waals surface area contributed by atoms with Crippen molar-refractivity contribution in [3.8, 4) is 0 Å². The Balaban J connectivity index is 1.68. The number of carbonyl (C=O) groups is 1. The van der Waals surface area contributed by atoms with Gasteiger partial charge in [0.1, 0.15) is 5.54 Å². The standard InChI is InChI=1S/C14H24N2O3/c1-18-13(17)14(15)6-5-10(9-14)16-7-8-19-12-4-2-3-11(12)16/h10-12H,2-9,15H2,1H3. The number of fused-ring (bicyclic) bond motifs is 1. The van der Waals surface area contributed by atoms with Crippen molar-refractivity contribution in [2.75, 3.05) is 20.3 Å². The summed E-state index contributed by atoms with van der Waals surface area (Å²) in [5.74, 6) is -0.258. The molecule has 5 nitrogen and oxygen atoms in total. The van der Waals surface area contributed by atoms with Crippen LogP contribution in [0.25, 0.3) is 0 Å². The summed E-state index contributed by atoms with van der Waals surface area (Å²) in [6.07, 6.45) is 6.51. The molecule has 4 unspecified atom stereocenters. The van der Waals surface area contributed by atoms with E-state index in [1.807, 2.05) is 0 Å². The molecule has 3 rings (SSSR count). The Morgan fingerprint density at radius 2 is 2.26 bits per heavy atom. The van der Waals surface area contributed by atoms with E-state index in [0.717, 1.165) is 32.4 Å². The number of hydrogen-bond donors (Lipinski definition) is 1. The Morgan fingerprint density at radius 1 is 1.42 bits per heavy atom. The molecule has 1 saturated heterocycles. The van der Waals surface area contributed by atoms with Gasteiger partial charge in [-0.3, -0.25) is 9.69 Å². The summed E-state index contributed by atoms with van der Waals surface area (Å²) in [7, 11) is 1.42. The fourth-order valence-electron chi connectivity index (χ4n) is 4.13. The summed E-state index contributed by atoms with van der Waals surface area (Å²) < 4.78 is 10.7. The van der Waals surface area contributed by atoms with Crippen LogP contribution in [0.2, 0.25) is 0 Å². The maximum absolute atomic E-state index is 11.8. The van der Waals surface area contributed by atoms with Crippen molar-refractivity contribution >= 4 is 5.97 Å². The summed E-state index contributed by atoms with van der Waals surface area (Å²) in [4.78, 5) is 14.4. The highest BCUT2D eigenvalue weighted by Gasteiger charge is 2.48. The van der Waals surface area contributed by atoms with Gasteiger partial charge in [-0.1, -0.05) is 0 Å². The van der Waals surface area contributed by atoms with Crippen molar-refractivity contribution in [3.05, 3.63) is 0 Å². The zero-order valence-corrected chi connectivity index (χ0v) is 11.6. The molecule has 0 amide bonds. The zero-order chi connectivity index (χ0) is 13.5. The van der Waals surface area contributed by atoms with Gasteiger partial charge in [0.15, 0.2) is 0 Å². The van der Waals surface area contributed by atoms with E-state index in [-0.39, 0.29) is 5.97 Å². The maximum atomic E-state index is 11.8. The normalized spacial score (nSPS) is 43.2. The number of carbonyl (C=O) groups excluding carboxylic acids is 1. The molecular weight excluding hydrogens is 244 g/mol. The second-order valence-electron chi connectivity index (χ2n) is 6.19. The SMILES string of the molecule is COC(=O)C1(N)CCC(N2CCOC3CCCC32)C1. The Morgan fingerprint density at radius 3 is 3.05 bits per heavy atom. The van der Waals surface area contributed by atoms with Crippen molar-refractivity contribution in [2.45, 2.75) is 62.3 Å². The van der Waals surface area contributed by atoms with Crippen molar-refractivity contribution in [1.82, 2.24) is 4.90 Å². The minimum Gasteiger partial charge on any atom is -0.468 e. The van der Waals surface area contributed by atoms with Crippen LogP contribution in [-0.4, -0.2) is 54.9 Å². The average molecular weight is 268 g/mol. The van der Waals surface area contributed by atoms with E-state index in [1.165, 1.54) is 26.4 Å². The van der Waals surface area contributed by atoms with Gasteiger partial charge in [0.05, 0.1) is 19.8 Å². The number of ether oxygens (including phenoxy) is 2. The van der Waals surface area contributed by atoms with Gasteiger partial charge in [0, 0.05) is 18.6 Å². The van der Waals surface area contributed by atoms with Crippen LogP contribution in [-0.2, 0) is 14.3 Å². The lowest BCUT2D eigenvalue weighted by Crippen LogP contribution is -2.54. The summed E-state index contributed by atoms with van der Waals surface area (Å²) in [6, 6.07) is 0.956. The highest BCUT2D eigenvalue weighted by atomic mass is 16.5. The Bertz CT molecular complexity index is 363. The van der Waals surface area contributed by atoms with Gasteiger partial charge in [0.25, 0.3) is 0 Å². The zero-order valence-electron chi connectivity index (χ0n) is 11.6. The predicted molar refractivity (Wildman–Crippen MR) is 70.7 cm³/mol. The van der Waals surface area contributed by atoms with Gasteiger partial charge >= 0.3 is 5.97 Å². The van der Waals surface area contributed by atoms with Crippen LogP contribution in [0.3, 0.4) is 0 Å². The maximum Gasteiger partial charge on any atom is 0.325 e. The highest BCUT2D eigenvalue weighted by Crippen LogP contribution is 2.38. The molecule has 19 heavy (non-hydrogen) atoms. The molecule has 0 aromatic carbocycles. The largest absolute Gasteiger partial charge is 0.468 e. The van der Waals surface area contributed by atoms with Crippen LogP contribution >= 0.6 is 0 Å². The smallest absolute Gasteiger partial charge is 0.325 e. The van der Waals surface area contributed by atoms with Crippen LogP contribution in [0, 0.1) is 0 Å². The van der Waals surface area contributed by atoms with Crippen LogP contribution in [0.5, 0.6) is 0 Å². The van der Waals surface area contributed by atoms with Gasteiger partial charge < -0.3 is 15.2 Å². The number of rotatable bonds is 2. The lowest BCUT2D eigenvalue weighted by Gasteiger charge is -2.41. The third-order valence-corrected chi connectivity index (χ3v) is 5.11. The molecule has 0 bridgehead atoms. The van der Waals surface area contributed by atoms with Crippen molar-refractivity contribution in [1.29, 1.82) is 0 Å². The number of nitrogens with zero attached hydrogens (tertiary/aromatic N) is 1. The third kappa shape index (κ3) is 2.28.